The van der Waals surface area contributed by atoms with E-state index in [2.05, 4.69) is 5.10 Å². The van der Waals surface area contributed by atoms with Crippen molar-refractivity contribution in [2.45, 2.75) is 26.1 Å². The Morgan fingerprint density at radius 1 is 1.17 bits per heavy atom. The Balaban J connectivity index is 2.31. The molecule has 7 heteroatoms. The number of nitrogens with zero attached hydrogens (tertiary/aromatic N) is 2. The lowest BCUT2D eigenvalue weighted by molar-refractivity contribution is -0.159. The summed E-state index contributed by atoms with van der Waals surface area (Å²) >= 11 is 0. The first-order valence-corrected chi connectivity index (χ1v) is 7.07. The predicted molar refractivity (Wildman–Crippen MR) is 80.7 cm³/mol. The molecule has 0 aliphatic heterocycles. The van der Waals surface area contributed by atoms with Crippen molar-refractivity contribution in [3.63, 3.8) is 0 Å². The topological polar surface area (TPSA) is 90.7 Å². The molecule has 2 rings (SSSR count). The second-order valence-electron chi connectivity index (χ2n) is 4.90. The van der Waals surface area contributed by atoms with Gasteiger partial charge in [0.05, 0.1) is 11.4 Å². The molecule has 0 saturated heterocycles. The molecular formula is C16H18N2O5. The number of hydrogen-bond donors (Lipinski definition) is 1. The van der Waals surface area contributed by atoms with E-state index in [4.69, 9.17) is 9.47 Å². The molecule has 0 unspecified atom stereocenters. The first kappa shape index (κ1) is 16.7. The number of carbonyl (C=O) groups excluding carboxylic acids is 2. The van der Waals surface area contributed by atoms with E-state index in [1.54, 1.807) is 10.7 Å². The second kappa shape index (κ2) is 7.55. The van der Waals surface area contributed by atoms with E-state index >= 15 is 0 Å². The third kappa shape index (κ3) is 4.40. The highest BCUT2D eigenvalue weighted by atomic mass is 16.6. The maximum Gasteiger partial charge on any atom is 0.303 e. The van der Waals surface area contributed by atoms with Gasteiger partial charge in [0.25, 0.3) is 0 Å². The molecule has 1 aromatic carbocycles. The van der Waals surface area contributed by atoms with Crippen LogP contribution in [0.4, 0.5) is 0 Å². The van der Waals surface area contributed by atoms with Crippen LogP contribution in [0.15, 0.2) is 42.6 Å². The molecular weight excluding hydrogens is 300 g/mol. The summed E-state index contributed by atoms with van der Waals surface area (Å²) in [5.41, 5.74) is 1.23. The van der Waals surface area contributed by atoms with Gasteiger partial charge in [-0.25, -0.2) is 4.68 Å². The molecule has 0 amide bonds. The van der Waals surface area contributed by atoms with E-state index in [1.807, 2.05) is 30.3 Å². The highest BCUT2D eigenvalue weighted by Crippen LogP contribution is 2.24. The van der Waals surface area contributed by atoms with E-state index in [1.165, 1.54) is 20.0 Å². The smallest absolute Gasteiger partial charge is 0.303 e. The molecule has 122 valence electrons. The van der Waals surface area contributed by atoms with Crippen molar-refractivity contribution in [3.05, 3.63) is 48.3 Å². The molecule has 0 aliphatic carbocycles. The summed E-state index contributed by atoms with van der Waals surface area (Å²) in [5.74, 6) is -1.08. The van der Waals surface area contributed by atoms with Gasteiger partial charge in [-0.2, -0.15) is 5.10 Å². The van der Waals surface area contributed by atoms with Crippen LogP contribution in [-0.4, -0.2) is 39.5 Å². The zero-order valence-corrected chi connectivity index (χ0v) is 12.9. The number of aromatic nitrogens is 2. The van der Waals surface area contributed by atoms with Gasteiger partial charge in [-0.15, -0.1) is 0 Å². The number of esters is 2. The van der Waals surface area contributed by atoms with Gasteiger partial charge in [0.15, 0.2) is 6.10 Å². The Bertz CT molecular complexity index is 668. The fourth-order valence-electron chi connectivity index (χ4n) is 2.12. The van der Waals surface area contributed by atoms with Crippen molar-refractivity contribution in [2.24, 2.45) is 0 Å². The maximum atomic E-state index is 11.4. The molecule has 2 atom stereocenters. The minimum absolute atomic E-state index is 0.284. The highest BCUT2D eigenvalue weighted by molar-refractivity contribution is 5.66. The van der Waals surface area contributed by atoms with Crippen LogP contribution in [0.2, 0.25) is 0 Å². The Morgan fingerprint density at radius 2 is 1.87 bits per heavy atom. The largest absolute Gasteiger partial charge is 0.463 e. The van der Waals surface area contributed by atoms with Gasteiger partial charge in [-0.05, 0) is 18.2 Å². The summed E-state index contributed by atoms with van der Waals surface area (Å²) in [4.78, 5) is 22.3. The van der Waals surface area contributed by atoms with E-state index in [-0.39, 0.29) is 6.61 Å². The van der Waals surface area contributed by atoms with E-state index in [9.17, 15) is 14.7 Å². The van der Waals surface area contributed by atoms with E-state index < -0.39 is 24.1 Å². The number of aliphatic hydroxyl groups excluding tert-OH is 1. The third-order valence-corrected chi connectivity index (χ3v) is 3.06. The number of carbonyl (C=O) groups is 2. The molecule has 0 spiro atoms. The standard InChI is InChI=1S/C16H18N2O5/c1-11(19)22-10-15(21)16(23-12(2)20)14-8-9-17-18(14)13-6-4-3-5-7-13/h3-9,15-16,21H,10H2,1-2H3/t15-,16+/m1/s1. The highest BCUT2D eigenvalue weighted by Gasteiger charge is 2.29. The Hall–Kier alpha value is -2.67. The van der Waals surface area contributed by atoms with Crippen molar-refractivity contribution in [1.29, 1.82) is 0 Å². The van der Waals surface area contributed by atoms with Crippen LogP contribution in [0.25, 0.3) is 5.69 Å². The number of ether oxygens (including phenoxy) is 2. The van der Waals surface area contributed by atoms with Crippen molar-refractivity contribution in [3.8, 4) is 5.69 Å². The number of benzene rings is 1. The molecule has 2 aromatic rings. The summed E-state index contributed by atoms with van der Waals surface area (Å²) < 4.78 is 11.6. The maximum absolute atomic E-state index is 11.4. The van der Waals surface area contributed by atoms with Crippen molar-refractivity contribution in [2.75, 3.05) is 6.61 Å². The summed E-state index contributed by atoms with van der Waals surface area (Å²) in [6.07, 6.45) is -0.672. The molecule has 0 aliphatic rings. The fraction of sp³-hybridized carbons (Fsp3) is 0.312. The molecule has 7 nitrogen and oxygen atoms in total. The molecule has 0 radical (unpaired) electrons. The lowest BCUT2D eigenvalue weighted by Gasteiger charge is -2.23. The van der Waals surface area contributed by atoms with Gasteiger partial charge >= 0.3 is 11.9 Å². The summed E-state index contributed by atoms with van der Waals surface area (Å²) in [5, 5.41) is 14.5. The number of hydrogen-bond acceptors (Lipinski definition) is 6. The Labute approximate surface area is 133 Å². The van der Waals surface area contributed by atoms with Crippen LogP contribution in [-0.2, 0) is 19.1 Å². The lowest BCUT2D eigenvalue weighted by Crippen LogP contribution is -2.30. The van der Waals surface area contributed by atoms with Crippen LogP contribution in [0.5, 0.6) is 0 Å². The zero-order valence-electron chi connectivity index (χ0n) is 12.9. The van der Waals surface area contributed by atoms with Crippen LogP contribution >= 0.6 is 0 Å². The van der Waals surface area contributed by atoms with Crippen molar-refractivity contribution in [1.82, 2.24) is 9.78 Å². The number of aliphatic hydroxyl groups is 1. The van der Waals surface area contributed by atoms with Crippen LogP contribution in [0.3, 0.4) is 0 Å². The van der Waals surface area contributed by atoms with E-state index in [0.29, 0.717) is 5.69 Å². The summed E-state index contributed by atoms with van der Waals surface area (Å²) in [6, 6.07) is 10.9. The molecule has 1 aromatic heterocycles. The molecule has 23 heavy (non-hydrogen) atoms. The summed E-state index contributed by atoms with van der Waals surface area (Å²) in [6.45, 7) is 2.20. The average Bonchev–Trinajstić information content (AvgIpc) is 3.00. The first-order valence-electron chi connectivity index (χ1n) is 7.07. The zero-order chi connectivity index (χ0) is 16.8. The number of rotatable bonds is 6. The second-order valence-corrected chi connectivity index (χ2v) is 4.90. The van der Waals surface area contributed by atoms with Gasteiger partial charge in [-0.3, -0.25) is 9.59 Å². The molecule has 1 heterocycles. The monoisotopic (exact) mass is 318 g/mol. The molecule has 0 saturated carbocycles. The molecule has 0 bridgehead atoms. The van der Waals surface area contributed by atoms with Crippen LogP contribution in [0, 0.1) is 0 Å². The Kier molecular flexibility index (Phi) is 5.48. The van der Waals surface area contributed by atoms with Crippen molar-refractivity contribution >= 4 is 11.9 Å². The molecule has 1 N–H and O–H groups in total. The number of para-hydroxylation sites is 1. The minimum atomic E-state index is -1.21. The Morgan fingerprint density at radius 3 is 2.48 bits per heavy atom. The van der Waals surface area contributed by atoms with Crippen LogP contribution in [0.1, 0.15) is 25.6 Å². The van der Waals surface area contributed by atoms with Gasteiger partial charge in [0.2, 0.25) is 0 Å². The fourth-order valence-corrected chi connectivity index (χ4v) is 2.12. The third-order valence-electron chi connectivity index (χ3n) is 3.06. The van der Waals surface area contributed by atoms with Gasteiger partial charge < -0.3 is 14.6 Å². The quantitative estimate of drug-likeness (QED) is 0.810. The van der Waals surface area contributed by atoms with Crippen LogP contribution < -0.4 is 0 Å². The minimum Gasteiger partial charge on any atom is -0.463 e. The lowest BCUT2D eigenvalue weighted by atomic mass is 10.1. The SMILES string of the molecule is CC(=O)OC[C@@H](O)[C@@H](OC(C)=O)c1ccnn1-c1ccccc1. The summed E-state index contributed by atoms with van der Waals surface area (Å²) in [7, 11) is 0. The van der Waals surface area contributed by atoms with Crippen molar-refractivity contribution < 1.29 is 24.2 Å². The van der Waals surface area contributed by atoms with E-state index in [0.717, 1.165) is 5.69 Å². The normalized spacial score (nSPS) is 13.2. The molecule has 0 fully saturated rings. The van der Waals surface area contributed by atoms with Gasteiger partial charge in [-0.1, -0.05) is 18.2 Å². The average molecular weight is 318 g/mol. The first-order chi connectivity index (χ1) is 11.0. The van der Waals surface area contributed by atoms with Gasteiger partial charge in [0, 0.05) is 20.0 Å². The predicted octanol–water partition coefficient (Wildman–Crippen LogP) is 1.40. The van der Waals surface area contributed by atoms with Gasteiger partial charge in [0.1, 0.15) is 12.7 Å².